The summed E-state index contributed by atoms with van der Waals surface area (Å²) < 4.78 is 27.1. The summed E-state index contributed by atoms with van der Waals surface area (Å²) in [5.41, 5.74) is 0. The molecule has 1 aliphatic rings. The quantitative estimate of drug-likeness (QED) is 0.823. The van der Waals surface area contributed by atoms with Crippen molar-refractivity contribution >= 4 is 38.9 Å². The van der Waals surface area contributed by atoms with Crippen molar-refractivity contribution in [2.24, 2.45) is 0 Å². The van der Waals surface area contributed by atoms with Gasteiger partial charge in [0, 0.05) is 32.7 Å². The normalized spacial score (nSPS) is 17.5. The van der Waals surface area contributed by atoms with Crippen LogP contribution in [0.25, 0.3) is 0 Å². The number of nitrogens with zero attached hydrogens (tertiary/aromatic N) is 2. The lowest BCUT2D eigenvalue weighted by atomic mass is 10.3. The third-order valence-electron chi connectivity index (χ3n) is 3.41. The fourth-order valence-electron chi connectivity index (χ4n) is 2.21. The summed E-state index contributed by atoms with van der Waals surface area (Å²) in [7, 11) is -3.47. The van der Waals surface area contributed by atoms with Gasteiger partial charge < -0.3 is 5.32 Å². The number of thiophene rings is 1. The maximum atomic E-state index is 12.5. The summed E-state index contributed by atoms with van der Waals surface area (Å²) in [5, 5.41) is 2.82. The second-order valence-electron chi connectivity index (χ2n) is 5.09. The van der Waals surface area contributed by atoms with Gasteiger partial charge in [0.25, 0.3) is 10.0 Å². The van der Waals surface area contributed by atoms with Gasteiger partial charge in [0.1, 0.15) is 4.21 Å². The summed E-state index contributed by atoms with van der Waals surface area (Å²) >= 11 is 6.88. The second-order valence-corrected chi connectivity index (χ2v) is 8.97. The molecule has 0 saturated carbocycles. The number of amides is 1. The first-order chi connectivity index (χ1) is 10.4. The minimum absolute atomic E-state index is 0.0109. The van der Waals surface area contributed by atoms with Gasteiger partial charge in [-0.05, 0) is 18.6 Å². The van der Waals surface area contributed by atoms with Crippen LogP contribution in [0.2, 0.25) is 4.34 Å². The van der Waals surface area contributed by atoms with Crippen molar-refractivity contribution < 1.29 is 13.2 Å². The molecule has 0 atom stereocenters. The van der Waals surface area contributed by atoms with Crippen LogP contribution in [0.3, 0.4) is 0 Å². The van der Waals surface area contributed by atoms with Crippen LogP contribution in [0.15, 0.2) is 16.3 Å². The molecular weight excluding hydrogens is 346 g/mol. The minimum Gasteiger partial charge on any atom is -0.355 e. The Bertz CT molecular complexity index is 610. The molecule has 1 amide bonds. The average molecular weight is 366 g/mol. The summed E-state index contributed by atoms with van der Waals surface area (Å²) in [4.78, 5) is 13.6. The summed E-state index contributed by atoms with van der Waals surface area (Å²) in [5.74, 6) is -0.0109. The fourth-order valence-corrected chi connectivity index (χ4v) is 5.27. The van der Waals surface area contributed by atoms with Crippen LogP contribution in [0.1, 0.15) is 13.3 Å². The number of sulfonamides is 1. The van der Waals surface area contributed by atoms with Crippen molar-refractivity contribution in [3.05, 3.63) is 16.5 Å². The molecule has 0 spiro atoms. The molecule has 1 saturated heterocycles. The first-order valence-corrected chi connectivity index (χ1v) is 9.81. The number of carbonyl (C=O) groups excluding carboxylic acids is 1. The molecule has 0 bridgehead atoms. The van der Waals surface area contributed by atoms with E-state index in [1.165, 1.54) is 10.4 Å². The molecule has 1 aromatic heterocycles. The van der Waals surface area contributed by atoms with E-state index >= 15 is 0 Å². The Morgan fingerprint density at radius 1 is 1.32 bits per heavy atom. The molecule has 124 valence electrons. The van der Waals surface area contributed by atoms with E-state index in [2.05, 4.69) is 5.32 Å². The predicted octanol–water partition coefficient (Wildman–Crippen LogP) is 1.23. The molecule has 1 N–H and O–H groups in total. The number of hydrogen-bond donors (Lipinski definition) is 1. The molecular formula is C13H20ClN3O3S2. The largest absolute Gasteiger partial charge is 0.355 e. The third kappa shape index (κ3) is 4.42. The van der Waals surface area contributed by atoms with Crippen molar-refractivity contribution in [3.8, 4) is 0 Å². The third-order valence-corrected chi connectivity index (χ3v) is 7.01. The fraction of sp³-hybridized carbons (Fsp3) is 0.615. The number of carbonyl (C=O) groups is 1. The Balaban J connectivity index is 1.88. The van der Waals surface area contributed by atoms with Gasteiger partial charge in [-0.25, -0.2) is 8.42 Å². The zero-order chi connectivity index (χ0) is 16.2. The lowest BCUT2D eigenvalue weighted by Crippen LogP contribution is -2.50. The van der Waals surface area contributed by atoms with Gasteiger partial charge in [0.2, 0.25) is 5.91 Å². The number of hydrogen-bond acceptors (Lipinski definition) is 5. The van der Waals surface area contributed by atoms with Gasteiger partial charge in [-0.15, -0.1) is 11.3 Å². The Kier molecular flexibility index (Phi) is 6.22. The van der Waals surface area contributed by atoms with E-state index in [0.717, 1.165) is 17.8 Å². The molecule has 0 unspecified atom stereocenters. The molecule has 0 aliphatic carbocycles. The van der Waals surface area contributed by atoms with Crippen LogP contribution in [0.5, 0.6) is 0 Å². The zero-order valence-electron chi connectivity index (χ0n) is 12.4. The topological polar surface area (TPSA) is 69.7 Å². The Morgan fingerprint density at radius 2 is 2.00 bits per heavy atom. The monoisotopic (exact) mass is 365 g/mol. The van der Waals surface area contributed by atoms with E-state index in [-0.39, 0.29) is 10.1 Å². The van der Waals surface area contributed by atoms with Gasteiger partial charge in [0.15, 0.2) is 0 Å². The second kappa shape index (κ2) is 7.74. The molecule has 0 radical (unpaired) electrons. The van der Waals surface area contributed by atoms with Gasteiger partial charge in [0.05, 0.1) is 10.9 Å². The van der Waals surface area contributed by atoms with Gasteiger partial charge >= 0.3 is 0 Å². The highest BCUT2D eigenvalue weighted by atomic mass is 35.5. The lowest BCUT2D eigenvalue weighted by Gasteiger charge is -2.33. The van der Waals surface area contributed by atoms with Crippen LogP contribution >= 0.6 is 22.9 Å². The maximum Gasteiger partial charge on any atom is 0.252 e. The maximum absolute atomic E-state index is 12.5. The van der Waals surface area contributed by atoms with Crippen molar-refractivity contribution in [2.45, 2.75) is 17.6 Å². The van der Waals surface area contributed by atoms with E-state index in [4.69, 9.17) is 11.6 Å². The van der Waals surface area contributed by atoms with Crippen LogP contribution < -0.4 is 5.32 Å². The Hall–Kier alpha value is -0.670. The minimum atomic E-state index is -3.47. The molecule has 6 nitrogen and oxygen atoms in total. The smallest absolute Gasteiger partial charge is 0.252 e. The van der Waals surface area contributed by atoms with E-state index in [0.29, 0.717) is 43.6 Å². The van der Waals surface area contributed by atoms with E-state index in [9.17, 15) is 13.2 Å². The molecule has 0 aromatic carbocycles. The van der Waals surface area contributed by atoms with Crippen LogP contribution in [-0.4, -0.2) is 62.8 Å². The van der Waals surface area contributed by atoms with Crippen molar-refractivity contribution in [2.75, 3.05) is 39.3 Å². The molecule has 1 fully saturated rings. The van der Waals surface area contributed by atoms with Crippen LogP contribution in [0, 0.1) is 0 Å². The summed E-state index contributed by atoms with van der Waals surface area (Å²) in [6, 6.07) is 3.13. The Morgan fingerprint density at radius 3 is 2.55 bits per heavy atom. The van der Waals surface area contributed by atoms with Crippen LogP contribution in [-0.2, 0) is 14.8 Å². The zero-order valence-corrected chi connectivity index (χ0v) is 14.8. The molecule has 2 rings (SSSR count). The molecule has 1 aromatic rings. The molecule has 2 heterocycles. The summed E-state index contributed by atoms with van der Waals surface area (Å²) in [6.07, 6.45) is 0.904. The number of rotatable bonds is 6. The van der Waals surface area contributed by atoms with Gasteiger partial charge in [-0.1, -0.05) is 18.5 Å². The number of nitrogens with one attached hydrogen (secondary N) is 1. The molecule has 1 aliphatic heterocycles. The standard InChI is InChI=1S/C13H20ClN3O3S2/c1-2-5-15-12(18)10-16-6-8-17(9-7-16)22(19,20)13-4-3-11(14)21-13/h3-4H,2,5-10H2,1H3,(H,15,18). The highest BCUT2D eigenvalue weighted by Crippen LogP contribution is 2.28. The summed E-state index contributed by atoms with van der Waals surface area (Å²) in [6.45, 7) is 4.87. The molecule has 22 heavy (non-hydrogen) atoms. The molecule has 9 heteroatoms. The SMILES string of the molecule is CCCNC(=O)CN1CCN(S(=O)(=O)c2ccc(Cl)s2)CC1. The first kappa shape index (κ1) is 17.7. The van der Waals surface area contributed by atoms with Gasteiger partial charge in [-0.2, -0.15) is 4.31 Å². The highest BCUT2D eigenvalue weighted by molar-refractivity contribution is 7.91. The number of piperazine rings is 1. The van der Waals surface area contributed by atoms with E-state index in [1.807, 2.05) is 11.8 Å². The average Bonchev–Trinajstić information content (AvgIpc) is 2.93. The van der Waals surface area contributed by atoms with Gasteiger partial charge in [-0.3, -0.25) is 9.69 Å². The van der Waals surface area contributed by atoms with Crippen molar-refractivity contribution in [1.29, 1.82) is 0 Å². The number of halogens is 1. The highest BCUT2D eigenvalue weighted by Gasteiger charge is 2.30. The van der Waals surface area contributed by atoms with Crippen LogP contribution in [0.4, 0.5) is 0 Å². The Labute approximate surface area is 140 Å². The first-order valence-electron chi connectivity index (χ1n) is 7.18. The van der Waals surface area contributed by atoms with Crippen molar-refractivity contribution in [3.63, 3.8) is 0 Å². The van der Waals surface area contributed by atoms with E-state index < -0.39 is 10.0 Å². The van der Waals surface area contributed by atoms with Crippen molar-refractivity contribution in [1.82, 2.24) is 14.5 Å². The van der Waals surface area contributed by atoms with E-state index in [1.54, 1.807) is 6.07 Å². The predicted molar refractivity (Wildman–Crippen MR) is 87.8 cm³/mol. The lowest BCUT2D eigenvalue weighted by molar-refractivity contribution is -0.122.